The lowest BCUT2D eigenvalue weighted by Crippen LogP contribution is -2.03. The first kappa shape index (κ1) is 17.6. The molecule has 0 heterocycles. The summed E-state index contributed by atoms with van der Waals surface area (Å²) >= 11 is 0. The van der Waals surface area contributed by atoms with Gasteiger partial charge in [-0.25, -0.2) is 0 Å². The van der Waals surface area contributed by atoms with Crippen LogP contribution in [0.4, 0.5) is 0 Å². The molecule has 1 rings (SSSR count). The molecule has 0 bridgehead atoms. The molecule has 0 aliphatic carbocycles. The van der Waals surface area contributed by atoms with Crippen molar-refractivity contribution in [3.05, 3.63) is 54.8 Å². The molecule has 0 aliphatic rings. The van der Waals surface area contributed by atoms with Crippen LogP contribution in [0.3, 0.4) is 0 Å². The van der Waals surface area contributed by atoms with E-state index < -0.39 is 0 Å². The van der Waals surface area contributed by atoms with Crippen molar-refractivity contribution in [1.82, 2.24) is 0 Å². The van der Waals surface area contributed by atoms with Crippen molar-refractivity contribution in [2.24, 2.45) is 5.92 Å². The van der Waals surface area contributed by atoms with Gasteiger partial charge in [0, 0.05) is 6.42 Å². The molecule has 1 unspecified atom stereocenters. The SMILES string of the molecule is C=C(CC(C=CC)CCCCCCC)Oc1ccccc1. The normalized spacial score (nSPS) is 12.5. The summed E-state index contributed by atoms with van der Waals surface area (Å²) in [6.07, 6.45) is 13.2. The summed E-state index contributed by atoms with van der Waals surface area (Å²) in [4.78, 5) is 0. The Hall–Kier alpha value is -1.50. The zero-order valence-corrected chi connectivity index (χ0v) is 13.7. The van der Waals surface area contributed by atoms with Crippen LogP contribution in [0.2, 0.25) is 0 Å². The minimum atomic E-state index is 0.549. The van der Waals surface area contributed by atoms with E-state index in [1.807, 2.05) is 30.3 Å². The van der Waals surface area contributed by atoms with Gasteiger partial charge >= 0.3 is 0 Å². The molecule has 1 atom stereocenters. The molecule has 0 fully saturated rings. The van der Waals surface area contributed by atoms with Gasteiger partial charge in [-0.3, -0.25) is 0 Å². The first-order valence-electron chi connectivity index (χ1n) is 8.29. The van der Waals surface area contributed by atoms with E-state index in [1.54, 1.807) is 0 Å². The summed E-state index contributed by atoms with van der Waals surface area (Å²) < 4.78 is 5.81. The van der Waals surface area contributed by atoms with Crippen LogP contribution in [-0.2, 0) is 0 Å². The van der Waals surface area contributed by atoms with Gasteiger partial charge in [0.05, 0.1) is 5.76 Å². The maximum atomic E-state index is 5.81. The third kappa shape index (κ3) is 8.39. The average molecular weight is 286 g/mol. The van der Waals surface area contributed by atoms with Crippen molar-refractivity contribution < 1.29 is 4.74 Å². The Balaban J connectivity index is 2.33. The third-order valence-corrected chi connectivity index (χ3v) is 3.64. The van der Waals surface area contributed by atoms with Crippen LogP contribution in [0.15, 0.2) is 54.8 Å². The number of unbranched alkanes of at least 4 members (excludes halogenated alkanes) is 4. The van der Waals surface area contributed by atoms with Crippen molar-refractivity contribution in [1.29, 1.82) is 0 Å². The van der Waals surface area contributed by atoms with E-state index in [9.17, 15) is 0 Å². The van der Waals surface area contributed by atoms with E-state index in [4.69, 9.17) is 4.74 Å². The molecule has 1 heteroatoms. The van der Waals surface area contributed by atoms with Crippen LogP contribution in [0.1, 0.15) is 58.8 Å². The second kappa shape index (κ2) is 11.2. The number of rotatable bonds is 11. The maximum absolute atomic E-state index is 5.81. The smallest absolute Gasteiger partial charge is 0.126 e. The first-order chi connectivity index (χ1) is 10.3. The predicted molar refractivity (Wildman–Crippen MR) is 92.5 cm³/mol. The number of hydrogen-bond donors (Lipinski definition) is 0. The van der Waals surface area contributed by atoms with Crippen LogP contribution < -0.4 is 4.74 Å². The molecule has 0 aromatic heterocycles. The molecule has 1 nitrogen and oxygen atoms in total. The molecule has 0 N–H and O–H groups in total. The Kier molecular flexibility index (Phi) is 9.35. The molecule has 0 saturated heterocycles. The van der Waals surface area contributed by atoms with Crippen LogP contribution in [0.5, 0.6) is 5.75 Å². The summed E-state index contributed by atoms with van der Waals surface area (Å²) in [6, 6.07) is 9.91. The first-order valence-corrected chi connectivity index (χ1v) is 8.29. The minimum absolute atomic E-state index is 0.549. The topological polar surface area (TPSA) is 9.23 Å². The van der Waals surface area contributed by atoms with E-state index >= 15 is 0 Å². The molecule has 0 radical (unpaired) electrons. The highest BCUT2D eigenvalue weighted by Gasteiger charge is 2.08. The van der Waals surface area contributed by atoms with Crippen LogP contribution >= 0.6 is 0 Å². The van der Waals surface area contributed by atoms with E-state index in [2.05, 4.69) is 32.6 Å². The third-order valence-electron chi connectivity index (χ3n) is 3.64. The predicted octanol–water partition coefficient (Wildman–Crippen LogP) is 6.52. The fourth-order valence-electron chi connectivity index (χ4n) is 2.54. The van der Waals surface area contributed by atoms with Gasteiger partial charge in [0.15, 0.2) is 0 Å². The van der Waals surface area contributed by atoms with Gasteiger partial charge in [0.25, 0.3) is 0 Å². The van der Waals surface area contributed by atoms with Crippen molar-refractivity contribution in [3.8, 4) is 5.75 Å². The molecule has 0 amide bonds. The average Bonchev–Trinajstić information content (AvgIpc) is 2.48. The number of para-hydroxylation sites is 1. The molecule has 21 heavy (non-hydrogen) atoms. The molecule has 0 aliphatic heterocycles. The van der Waals surface area contributed by atoms with Gasteiger partial charge in [-0.15, -0.1) is 0 Å². The highest BCUT2D eigenvalue weighted by atomic mass is 16.5. The number of benzene rings is 1. The van der Waals surface area contributed by atoms with Crippen molar-refractivity contribution in [2.75, 3.05) is 0 Å². The molecular weight excluding hydrogens is 256 g/mol. The summed E-state index contributed by atoms with van der Waals surface area (Å²) in [5.74, 6) is 2.29. The molecule has 1 aromatic carbocycles. The van der Waals surface area contributed by atoms with Gasteiger partial charge < -0.3 is 4.74 Å². The molecule has 0 saturated carbocycles. The fraction of sp³-hybridized carbons (Fsp3) is 0.500. The fourth-order valence-corrected chi connectivity index (χ4v) is 2.54. The van der Waals surface area contributed by atoms with E-state index in [0.29, 0.717) is 5.92 Å². The molecule has 116 valence electrons. The maximum Gasteiger partial charge on any atom is 0.126 e. The Bertz CT molecular complexity index is 405. The summed E-state index contributed by atoms with van der Waals surface area (Å²) in [7, 11) is 0. The standard InChI is InChI=1S/C20H30O/c1-4-6-7-8-10-14-19(13-5-2)17-18(3)21-20-15-11-9-12-16-20/h5,9,11-13,15-16,19H,3-4,6-8,10,14,17H2,1-2H3. The molecular formula is C20H30O. The van der Waals surface area contributed by atoms with E-state index in [-0.39, 0.29) is 0 Å². The Labute approximate surface area is 130 Å². The number of hydrogen-bond acceptors (Lipinski definition) is 1. The Morgan fingerprint density at radius 3 is 2.52 bits per heavy atom. The van der Waals surface area contributed by atoms with Crippen molar-refractivity contribution in [2.45, 2.75) is 58.8 Å². The zero-order valence-electron chi connectivity index (χ0n) is 13.7. The summed E-state index contributed by atoms with van der Waals surface area (Å²) in [6.45, 7) is 8.42. The van der Waals surface area contributed by atoms with Crippen molar-refractivity contribution in [3.63, 3.8) is 0 Å². The van der Waals surface area contributed by atoms with Crippen LogP contribution in [0.25, 0.3) is 0 Å². The molecule has 1 aromatic rings. The van der Waals surface area contributed by atoms with E-state index in [0.717, 1.165) is 17.9 Å². The van der Waals surface area contributed by atoms with Gasteiger partial charge in [-0.05, 0) is 31.4 Å². The largest absolute Gasteiger partial charge is 0.462 e. The summed E-state index contributed by atoms with van der Waals surface area (Å²) in [5.41, 5.74) is 0. The number of ether oxygens (including phenoxy) is 1. The van der Waals surface area contributed by atoms with Gasteiger partial charge in [-0.1, -0.05) is 76.0 Å². The second-order valence-corrected chi connectivity index (χ2v) is 5.65. The summed E-state index contributed by atoms with van der Waals surface area (Å²) in [5, 5.41) is 0. The monoisotopic (exact) mass is 286 g/mol. The lowest BCUT2D eigenvalue weighted by molar-refractivity contribution is 0.375. The van der Waals surface area contributed by atoms with Crippen LogP contribution in [-0.4, -0.2) is 0 Å². The molecule has 0 spiro atoms. The van der Waals surface area contributed by atoms with Gasteiger partial charge in [-0.2, -0.15) is 0 Å². The highest BCUT2D eigenvalue weighted by Crippen LogP contribution is 2.22. The van der Waals surface area contributed by atoms with Gasteiger partial charge in [0.1, 0.15) is 5.75 Å². The highest BCUT2D eigenvalue weighted by molar-refractivity contribution is 5.23. The lowest BCUT2D eigenvalue weighted by Gasteiger charge is -2.15. The lowest BCUT2D eigenvalue weighted by atomic mass is 9.96. The van der Waals surface area contributed by atoms with Crippen molar-refractivity contribution >= 4 is 0 Å². The quantitative estimate of drug-likeness (QED) is 0.255. The Morgan fingerprint density at radius 2 is 1.86 bits per heavy atom. The van der Waals surface area contributed by atoms with Gasteiger partial charge in [0.2, 0.25) is 0 Å². The second-order valence-electron chi connectivity index (χ2n) is 5.65. The Morgan fingerprint density at radius 1 is 1.14 bits per heavy atom. The van der Waals surface area contributed by atoms with E-state index in [1.165, 1.54) is 38.5 Å². The minimum Gasteiger partial charge on any atom is -0.462 e. The zero-order chi connectivity index (χ0) is 15.3. The van der Waals surface area contributed by atoms with Crippen LogP contribution in [0, 0.1) is 5.92 Å². The number of allylic oxidation sites excluding steroid dienone is 3.